The van der Waals surface area contributed by atoms with Gasteiger partial charge in [0.15, 0.2) is 0 Å². The number of piperazine rings is 1. The van der Waals surface area contributed by atoms with E-state index in [4.69, 9.17) is 0 Å². The molecule has 3 aromatic rings. The maximum Gasteiger partial charge on any atom is 0.325 e. The lowest BCUT2D eigenvalue weighted by atomic mass is 9.93. The molecule has 1 atom stereocenters. The van der Waals surface area contributed by atoms with E-state index in [0.29, 0.717) is 25.9 Å². The molecule has 42 heavy (non-hydrogen) atoms. The quantitative estimate of drug-likeness (QED) is 0.384. The zero-order chi connectivity index (χ0) is 29.9. The highest BCUT2D eigenvalue weighted by Gasteiger charge is 2.42. The van der Waals surface area contributed by atoms with Gasteiger partial charge < -0.3 is 19.9 Å². The number of aromatic nitrogens is 1. The largest absolute Gasteiger partial charge is 0.468 e. The molecule has 2 saturated heterocycles. The minimum atomic E-state index is -3.98. The first-order valence-electron chi connectivity index (χ1n) is 13.7. The van der Waals surface area contributed by atoms with Crippen LogP contribution in [0, 0.1) is 5.92 Å². The Morgan fingerprint density at radius 2 is 1.67 bits per heavy atom. The van der Waals surface area contributed by atoms with Crippen molar-refractivity contribution in [3.05, 3.63) is 65.4 Å². The molecule has 3 heterocycles. The van der Waals surface area contributed by atoms with Crippen LogP contribution in [0.5, 0.6) is 0 Å². The summed E-state index contributed by atoms with van der Waals surface area (Å²) in [5.41, 5.74) is 1.04. The van der Waals surface area contributed by atoms with Crippen LogP contribution in [0.3, 0.4) is 0 Å². The number of benzene rings is 2. The fraction of sp³-hybridized carbons (Fsp3) is 0.379. The number of methoxy groups -OCH3 is 1. The summed E-state index contributed by atoms with van der Waals surface area (Å²) in [6.45, 7) is 0.835. The Labute approximate surface area is 253 Å². The number of hydrogen-bond acceptors (Lipinski definition) is 8. The van der Waals surface area contributed by atoms with Crippen molar-refractivity contribution in [2.75, 3.05) is 51.3 Å². The molecule has 2 aliphatic heterocycles. The van der Waals surface area contributed by atoms with E-state index in [1.54, 1.807) is 30.6 Å². The van der Waals surface area contributed by atoms with E-state index >= 15 is 0 Å². The van der Waals surface area contributed by atoms with E-state index in [-0.39, 0.29) is 42.9 Å². The van der Waals surface area contributed by atoms with Crippen LogP contribution in [0.1, 0.15) is 12.8 Å². The molecule has 2 aromatic carbocycles. The van der Waals surface area contributed by atoms with Crippen LogP contribution in [-0.2, 0) is 29.1 Å². The second kappa shape index (κ2) is 12.8. The molecule has 0 radical (unpaired) electrons. The number of esters is 1. The first-order valence-corrected chi connectivity index (χ1v) is 15.9. The van der Waals surface area contributed by atoms with E-state index < -0.39 is 27.9 Å². The number of carbonyl (C=O) groups excluding carboxylic acids is 3. The van der Waals surface area contributed by atoms with Crippen LogP contribution in [0.25, 0.3) is 10.8 Å². The summed E-state index contributed by atoms with van der Waals surface area (Å²) in [7, 11) is -2.77. The fourth-order valence-corrected chi connectivity index (χ4v) is 7.34. The standard InChI is InChI=1S/C29H32BrN5O6S/c1-41-27(36)18-32-28(37)26-19-34(42(39,40)25-5-3-21-16-23(30)4-2-22(21)17-25)14-15-35(26)29(38)20-8-12-33(13-9-20)24-6-10-31-11-7-24/h2-7,10-11,16-17,20,26H,8-9,12-15,18-19H2,1H3,(H,32,37). The smallest absolute Gasteiger partial charge is 0.325 e. The number of hydrogen-bond donors (Lipinski definition) is 1. The maximum atomic E-state index is 13.8. The number of carbonyl (C=O) groups is 3. The van der Waals surface area contributed by atoms with Gasteiger partial charge in [-0.15, -0.1) is 0 Å². The van der Waals surface area contributed by atoms with Crippen LogP contribution in [0.2, 0.25) is 0 Å². The monoisotopic (exact) mass is 657 g/mol. The van der Waals surface area contributed by atoms with E-state index in [0.717, 1.165) is 20.9 Å². The van der Waals surface area contributed by atoms with E-state index in [1.807, 2.05) is 30.3 Å². The number of rotatable bonds is 7. The highest BCUT2D eigenvalue weighted by molar-refractivity contribution is 9.10. The van der Waals surface area contributed by atoms with Gasteiger partial charge in [-0.05, 0) is 60.0 Å². The summed E-state index contributed by atoms with van der Waals surface area (Å²) in [5, 5.41) is 4.16. The zero-order valence-electron chi connectivity index (χ0n) is 23.1. The molecular weight excluding hydrogens is 626 g/mol. The molecule has 2 amide bonds. The normalized spacial score (nSPS) is 18.6. The van der Waals surface area contributed by atoms with Crippen molar-refractivity contribution in [1.82, 2.24) is 19.5 Å². The number of sulfonamides is 1. The molecule has 1 unspecified atom stereocenters. The first-order chi connectivity index (χ1) is 20.2. The number of fused-ring (bicyclic) bond motifs is 1. The minimum Gasteiger partial charge on any atom is -0.468 e. The third kappa shape index (κ3) is 6.42. The van der Waals surface area contributed by atoms with Gasteiger partial charge in [0.25, 0.3) is 0 Å². The second-order valence-corrected chi connectivity index (χ2v) is 13.2. The van der Waals surface area contributed by atoms with Crippen molar-refractivity contribution in [2.45, 2.75) is 23.8 Å². The first kappa shape index (κ1) is 29.9. The Balaban J connectivity index is 1.34. The highest BCUT2D eigenvalue weighted by Crippen LogP contribution is 2.29. The van der Waals surface area contributed by atoms with Crippen LogP contribution in [0.4, 0.5) is 5.69 Å². The SMILES string of the molecule is COC(=O)CNC(=O)C1CN(S(=O)(=O)c2ccc3cc(Br)ccc3c2)CCN1C(=O)C1CCN(c2ccncc2)CC1. The lowest BCUT2D eigenvalue weighted by Gasteiger charge is -2.42. The van der Waals surface area contributed by atoms with Crippen molar-refractivity contribution in [1.29, 1.82) is 0 Å². The van der Waals surface area contributed by atoms with Gasteiger partial charge in [-0.2, -0.15) is 4.31 Å². The van der Waals surface area contributed by atoms with Crippen molar-refractivity contribution in [3.8, 4) is 0 Å². The number of anilines is 1. The third-order valence-electron chi connectivity index (χ3n) is 7.85. The van der Waals surface area contributed by atoms with Crippen LogP contribution >= 0.6 is 15.9 Å². The fourth-order valence-electron chi connectivity index (χ4n) is 5.49. The molecule has 1 aromatic heterocycles. The molecule has 0 saturated carbocycles. The molecule has 13 heteroatoms. The van der Waals surface area contributed by atoms with Crippen LogP contribution in [0.15, 0.2) is 70.3 Å². The average molecular weight is 659 g/mol. The van der Waals surface area contributed by atoms with Gasteiger partial charge in [0.05, 0.1) is 12.0 Å². The predicted molar refractivity (Wildman–Crippen MR) is 160 cm³/mol. The Morgan fingerprint density at radius 3 is 2.38 bits per heavy atom. The van der Waals surface area contributed by atoms with Gasteiger partial charge in [0.2, 0.25) is 21.8 Å². The number of nitrogens with zero attached hydrogens (tertiary/aromatic N) is 4. The van der Waals surface area contributed by atoms with Gasteiger partial charge in [0.1, 0.15) is 12.6 Å². The molecule has 0 aliphatic carbocycles. The lowest BCUT2D eigenvalue weighted by Crippen LogP contribution is -2.63. The molecule has 0 spiro atoms. The number of pyridine rings is 1. The average Bonchev–Trinajstić information content (AvgIpc) is 3.03. The minimum absolute atomic E-state index is 0.0447. The van der Waals surface area contributed by atoms with E-state index in [9.17, 15) is 22.8 Å². The predicted octanol–water partition coefficient (Wildman–Crippen LogP) is 2.40. The maximum absolute atomic E-state index is 13.8. The summed E-state index contributed by atoms with van der Waals surface area (Å²) in [6.07, 6.45) is 4.66. The number of amides is 2. The van der Waals surface area contributed by atoms with Gasteiger partial charge in [0, 0.05) is 61.2 Å². The van der Waals surface area contributed by atoms with Crippen LogP contribution in [-0.4, -0.2) is 92.8 Å². The molecular formula is C29H32BrN5O6S. The summed E-state index contributed by atoms with van der Waals surface area (Å²) in [5.74, 6) is -1.74. The molecule has 5 rings (SSSR count). The van der Waals surface area contributed by atoms with Crippen molar-refractivity contribution < 1.29 is 27.5 Å². The Kier molecular flexibility index (Phi) is 9.09. The number of nitrogens with one attached hydrogen (secondary N) is 1. The molecule has 1 N–H and O–H groups in total. The Morgan fingerprint density at radius 1 is 0.976 bits per heavy atom. The topological polar surface area (TPSA) is 129 Å². The van der Waals surface area contributed by atoms with Crippen molar-refractivity contribution >= 4 is 60.2 Å². The third-order valence-corrected chi connectivity index (χ3v) is 10.2. The number of halogens is 1. The highest BCUT2D eigenvalue weighted by atomic mass is 79.9. The molecule has 222 valence electrons. The molecule has 11 nitrogen and oxygen atoms in total. The van der Waals surface area contributed by atoms with Crippen LogP contribution < -0.4 is 10.2 Å². The number of ether oxygens (including phenoxy) is 1. The summed E-state index contributed by atoms with van der Waals surface area (Å²) in [6, 6.07) is 13.2. The Hall–Kier alpha value is -3.55. The van der Waals surface area contributed by atoms with E-state index in [1.165, 1.54) is 16.3 Å². The summed E-state index contributed by atoms with van der Waals surface area (Å²) >= 11 is 3.43. The molecule has 2 aliphatic rings. The van der Waals surface area contributed by atoms with Gasteiger partial charge in [-0.1, -0.05) is 28.1 Å². The van der Waals surface area contributed by atoms with E-state index in [2.05, 4.69) is 35.9 Å². The summed E-state index contributed by atoms with van der Waals surface area (Å²) < 4.78 is 34.2. The van der Waals surface area contributed by atoms with Crippen molar-refractivity contribution in [3.63, 3.8) is 0 Å². The lowest BCUT2D eigenvalue weighted by molar-refractivity contribution is -0.147. The summed E-state index contributed by atoms with van der Waals surface area (Å²) in [4.78, 5) is 46.6. The Bertz CT molecular complexity index is 1580. The molecule has 0 bridgehead atoms. The zero-order valence-corrected chi connectivity index (χ0v) is 25.5. The molecule has 2 fully saturated rings. The van der Waals surface area contributed by atoms with Gasteiger partial charge in [-0.25, -0.2) is 8.42 Å². The number of piperidine rings is 1. The van der Waals surface area contributed by atoms with Crippen molar-refractivity contribution in [2.24, 2.45) is 5.92 Å². The van der Waals surface area contributed by atoms with Gasteiger partial charge >= 0.3 is 5.97 Å². The van der Waals surface area contributed by atoms with Gasteiger partial charge in [-0.3, -0.25) is 19.4 Å². The second-order valence-electron chi connectivity index (χ2n) is 10.3.